The fourth-order valence-corrected chi connectivity index (χ4v) is 4.17. The van der Waals surface area contributed by atoms with E-state index in [4.69, 9.17) is 14.0 Å². The monoisotopic (exact) mass is 441 g/mol. The Balaban J connectivity index is 1.41. The minimum atomic E-state index is -0.157. The van der Waals surface area contributed by atoms with Crippen LogP contribution in [0.25, 0.3) is 11.3 Å². The van der Waals surface area contributed by atoms with Gasteiger partial charge in [0.15, 0.2) is 23.0 Å². The molecule has 1 atom stereocenters. The molecule has 1 saturated heterocycles. The molecule has 3 aromatic rings. The number of rotatable bonds is 3. The summed E-state index contributed by atoms with van der Waals surface area (Å²) in [4.78, 5) is 19.4. The first-order chi connectivity index (χ1) is 13.7. The molecule has 0 radical (unpaired) electrons. The van der Waals surface area contributed by atoms with E-state index >= 15 is 0 Å². The standard InChI is InChI=1S/C20H16BrN3O4/c21-13-3-1-7-22-19(13)15-4-2-8-24(15)20(25)14-10-17(28-23-14)12-5-6-16-18(9-12)27-11-26-16/h1,3,5-7,9-10,15H,2,4,8,11H2. The molecule has 28 heavy (non-hydrogen) atoms. The van der Waals surface area contributed by atoms with E-state index in [-0.39, 0.29) is 24.4 Å². The van der Waals surface area contributed by atoms with E-state index in [0.29, 0.717) is 23.8 Å². The lowest BCUT2D eigenvalue weighted by molar-refractivity contribution is 0.0722. The lowest BCUT2D eigenvalue weighted by Crippen LogP contribution is -2.31. The van der Waals surface area contributed by atoms with E-state index in [1.807, 2.05) is 35.2 Å². The summed E-state index contributed by atoms with van der Waals surface area (Å²) in [6.45, 7) is 0.872. The normalized spacial score (nSPS) is 17.9. The number of pyridine rings is 1. The summed E-state index contributed by atoms with van der Waals surface area (Å²) in [5.41, 5.74) is 1.93. The van der Waals surface area contributed by atoms with Crippen LogP contribution in [0.4, 0.5) is 0 Å². The molecule has 0 spiro atoms. The number of carbonyl (C=O) groups excluding carboxylic acids is 1. The maximum atomic E-state index is 13.1. The minimum absolute atomic E-state index is 0.0752. The Hall–Kier alpha value is -2.87. The van der Waals surface area contributed by atoms with Crippen molar-refractivity contribution in [2.75, 3.05) is 13.3 Å². The number of hydrogen-bond acceptors (Lipinski definition) is 6. The molecule has 2 aliphatic rings. The molecule has 2 aromatic heterocycles. The van der Waals surface area contributed by atoms with Gasteiger partial charge in [-0.25, -0.2) is 0 Å². The highest BCUT2D eigenvalue weighted by Gasteiger charge is 2.34. The number of carbonyl (C=O) groups is 1. The van der Waals surface area contributed by atoms with Crippen molar-refractivity contribution < 1.29 is 18.8 Å². The van der Waals surface area contributed by atoms with Crippen LogP contribution >= 0.6 is 15.9 Å². The zero-order valence-electron chi connectivity index (χ0n) is 14.8. The summed E-state index contributed by atoms with van der Waals surface area (Å²) in [7, 11) is 0. The van der Waals surface area contributed by atoms with Crippen molar-refractivity contribution in [3.63, 3.8) is 0 Å². The van der Waals surface area contributed by atoms with Crippen molar-refractivity contribution in [1.82, 2.24) is 15.0 Å². The highest BCUT2D eigenvalue weighted by atomic mass is 79.9. The molecular formula is C20H16BrN3O4. The van der Waals surface area contributed by atoms with E-state index in [1.165, 1.54) is 0 Å². The van der Waals surface area contributed by atoms with Gasteiger partial charge < -0.3 is 18.9 Å². The highest BCUT2D eigenvalue weighted by Crippen LogP contribution is 2.37. The van der Waals surface area contributed by atoms with Crippen molar-refractivity contribution in [3.05, 3.63) is 58.5 Å². The fourth-order valence-electron chi connectivity index (χ4n) is 3.65. The van der Waals surface area contributed by atoms with Crippen molar-refractivity contribution in [3.8, 4) is 22.8 Å². The van der Waals surface area contributed by atoms with Gasteiger partial charge in [0.05, 0.1) is 11.7 Å². The summed E-state index contributed by atoms with van der Waals surface area (Å²) in [5, 5.41) is 4.01. The Morgan fingerprint density at radius 3 is 2.96 bits per heavy atom. The second kappa shape index (κ2) is 6.94. The van der Waals surface area contributed by atoms with Gasteiger partial charge in [0.2, 0.25) is 6.79 Å². The molecular weight excluding hydrogens is 426 g/mol. The van der Waals surface area contributed by atoms with Crippen molar-refractivity contribution in [1.29, 1.82) is 0 Å². The Kier molecular flexibility index (Phi) is 4.27. The highest BCUT2D eigenvalue weighted by molar-refractivity contribution is 9.10. The number of amides is 1. The van der Waals surface area contributed by atoms with E-state index in [2.05, 4.69) is 26.1 Å². The lowest BCUT2D eigenvalue weighted by Gasteiger charge is -2.24. The van der Waals surface area contributed by atoms with Crippen LogP contribution in [-0.2, 0) is 0 Å². The number of nitrogens with zero attached hydrogens (tertiary/aromatic N) is 3. The molecule has 0 bridgehead atoms. The van der Waals surface area contributed by atoms with Crippen LogP contribution in [0.2, 0.25) is 0 Å². The first-order valence-electron chi connectivity index (χ1n) is 8.99. The number of halogens is 1. The topological polar surface area (TPSA) is 77.7 Å². The van der Waals surface area contributed by atoms with Crippen LogP contribution < -0.4 is 9.47 Å². The smallest absolute Gasteiger partial charge is 0.276 e. The average molecular weight is 442 g/mol. The molecule has 4 heterocycles. The van der Waals surface area contributed by atoms with Crippen LogP contribution in [0, 0.1) is 0 Å². The number of likely N-dealkylation sites (tertiary alicyclic amines) is 1. The quantitative estimate of drug-likeness (QED) is 0.605. The summed E-state index contributed by atoms with van der Waals surface area (Å²) in [5.74, 6) is 1.70. The second-order valence-electron chi connectivity index (χ2n) is 6.67. The Morgan fingerprint density at radius 2 is 2.07 bits per heavy atom. The van der Waals surface area contributed by atoms with Gasteiger partial charge in [0.25, 0.3) is 5.91 Å². The van der Waals surface area contributed by atoms with Crippen molar-refractivity contribution in [2.24, 2.45) is 0 Å². The van der Waals surface area contributed by atoms with Crippen molar-refractivity contribution >= 4 is 21.8 Å². The number of fused-ring (bicyclic) bond motifs is 1. The number of benzene rings is 1. The number of hydrogen-bond donors (Lipinski definition) is 0. The fraction of sp³-hybridized carbons (Fsp3) is 0.250. The Bertz CT molecular complexity index is 1050. The molecule has 7 nitrogen and oxygen atoms in total. The summed E-state index contributed by atoms with van der Waals surface area (Å²) < 4.78 is 17.1. The molecule has 8 heteroatoms. The van der Waals surface area contributed by atoms with Crippen LogP contribution in [0.1, 0.15) is 35.1 Å². The van der Waals surface area contributed by atoms with E-state index in [9.17, 15) is 4.79 Å². The third-order valence-electron chi connectivity index (χ3n) is 5.00. The molecule has 2 aliphatic heterocycles. The van der Waals surface area contributed by atoms with Gasteiger partial charge in [-0.05, 0) is 59.1 Å². The first-order valence-corrected chi connectivity index (χ1v) is 9.78. The zero-order valence-corrected chi connectivity index (χ0v) is 16.4. The van der Waals surface area contributed by atoms with Crippen LogP contribution in [-0.4, -0.2) is 34.3 Å². The first kappa shape index (κ1) is 17.2. The summed E-state index contributed by atoms with van der Waals surface area (Å²) in [6, 6.07) is 10.9. The molecule has 0 saturated carbocycles. The molecule has 5 rings (SSSR count). The van der Waals surface area contributed by atoms with Gasteiger partial charge in [-0.3, -0.25) is 9.78 Å². The molecule has 142 valence electrons. The molecule has 1 unspecified atom stereocenters. The van der Waals surface area contributed by atoms with Crippen LogP contribution in [0.3, 0.4) is 0 Å². The Labute approximate surface area is 169 Å². The molecule has 1 amide bonds. The Morgan fingerprint density at radius 1 is 1.18 bits per heavy atom. The summed E-state index contributed by atoms with van der Waals surface area (Å²) in [6.07, 6.45) is 3.54. The van der Waals surface area contributed by atoms with Gasteiger partial charge in [-0.1, -0.05) is 5.16 Å². The number of ether oxygens (including phenoxy) is 2. The predicted octanol–water partition coefficient (Wildman–Crippen LogP) is 4.21. The molecule has 0 N–H and O–H groups in total. The average Bonchev–Trinajstić information content (AvgIpc) is 3.47. The predicted molar refractivity (Wildman–Crippen MR) is 103 cm³/mol. The second-order valence-corrected chi connectivity index (χ2v) is 7.53. The lowest BCUT2D eigenvalue weighted by atomic mass is 10.1. The number of aromatic nitrogens is 2. The van der Waals surface area contributed by atoms with Crippen LogP contribution in [0.15, 0.2) is 51.6 Å². The molecule has 1 fully saturated rings. The minimum Gasteiger partial charge on any atom is -0.454 e. The van der Waals surface area contributed by atoms with Crippen LogP contribution in [0.5, 0.6) is 11.5 Å². The van der Waals surface area contributed by atoms with E-state index in [0.717, 1.165) is 28.6 Å². The van der Waals surface area contributed by atoms with Crippen molar-refractivity contribution in [2.45, 2.75) is 18.9 Å². The third kappa shape index (κ3) is 2.93. The third-order valence-corrected chi connectivity index (χ3v) is 5.67. The largest absolute Gasteiger partial charge is 0.454 e. The maximum Gasteiger partial charge on any atom is 0.276 e. The SMILES string of the molecule is O=C(c1cc(-c2ccc3c(c2)OCO3)on1)N1CCCC1c1ncccc1Br. The summed E-state index contributed by atoms with van der Waals surface area (Å²) >= 11 is 3.54. The van der Waals surface area contributed by atoms with Gasteiger partial charge >= 0.3 is 0 Å². The van der Waals surface area contributed by atoms with Gasteiger partial charge in [0.1, 0.15) is 0 Å². The van der Waals surface area contributed by atoms with Gasteiger partial charge in [-0.15, -0.1) is 0 Å². The van der Waals surface area contributed by atoms with E-state index < -0.39 is 0 Å². The van der Waals surface area contributed by atoms with E-state index in [1.54, 1.807) is 12.3 Å². The van der Waals surface area contributed by atoms with Gasteiger partial charge in [0, 0.05) is 28.8 Å². The van der Waals surface area contributed by atoms with Gasteiger partial charge in [-0.2, -0.15) is 0 Å². The zero-order chi connectivity index (χ0) is 19.1. The molecule has 0 aliphatic carbocycles. The molecule has 1 aromatic carbocycles. The maximum absolute atomic E-state index is 13.1.